The van der Waals surface area contributed by atoms with E-state index >= 15 is 0 Å². The number of rotatable bonds is 4. The molecule has 0 aliphatic carbocycles. The number of thioether (sulfide) groups is 1. The van der Waals surface area contributed by atoms with Gasteiger partial charge in [0.1, 0.15) is 11.6 Å². The summed E-state index contributed by atoms with van der Waals surface area (Å²) in [4.78, 5) is 11.5. The average Bonchev–Trinajstić information content (AvgIpc) is 2.47. The van der Waals surface area contributed by atoms with Crippen LogP contribution in [0.4, 0.5) is 17.1 Å². The average molecular weight is 285 g/mol. The fraction of sp³-hybridized carbons (Fsp3) is 0.0714. The van der Waals surface area contributed by atoms with Gasteiger partial charge in [0.2, 0.25) is 0 Å². The van der Waals surface area contributed by atoms with E-state index in [1.807, 2.05) is 36.6 Å². The number of benzene rings is 2. The molecule has 5 nitrogen and oxygen atoms in total. The van der Waals surface area contributed by atoms with Crippen molar-refractivity contribution in [3.8, 4) is 6.07 Å². The molecule has 0 aliphatic rings. The molecule has 20 heavy (non-hydrogen) atoms. The standard InChI is InChI=1S/C14H11N3O2S/c1-20-13-4-2-3-11(7-13)16-12-6-5-10(9-15)14(8-12)17(18)19/h2-8,16H,1H3. The molecule has 0 heterocycles. The van der Waals surface area contributed by atoms with Crippen LogP contribution >= 0.6 is 11.8 Å². The van der Waals surface area contributed by atoms with E-state index in [1.165, 1.54) is 12.1 Å². The van der Waals surface area contributed by atoms with E-state index in [0.717, 1.165) is 10.6 Å². The van der Waals surface area contributed by atoms with Crippen molar-refractivity contribution in [1.82, 2.24) is 0 Å². The smallest absolute Gasteiger partial charge is 0.289 e. The molecule has 1 N–H and O–H groups in total. The molecule has 2 aromatic rings. The zero-order valence-electron chi connectivity index (χ0n) is 10.7. The number of nitrogens with zero attached hydrogens (tertiary/aromatic N) is 2. The lowest BCUT2D eigenvalue weighted by atomic mass is 10.1. The van der Waals surface area contributed by atoms with Gasteiger partial charge >= 0.3 is 0 Å². The van der Waals surface area contributed by atoms with Crippen molar-refractivity contribution in [2.45, 2.75) is 4.90 Å². The zero-order chi connectivity index (χ0) is 14.5. The maximum Gasteiger partial charge on any atom is 0.289 e. The minimum Gasteiger partial charge on any atom is -0.355 e. The molecule has 0 fully saturated rings. The highest BCUT2D eigenvalue weighted by Crippen LogP contribution is 2.26. The van der Waals surface area contributed by atoms with E-state index in [4.69, 9.17) is 5.26 Å². The maximum absolute atomic E-state index is 10.9. The van der Waals surface area contributed by atoms with Gasteiger partial charge in [-0.2, -0.15) is 5.26 Å². The normalized spacial score (nSPS) is 9.80. The summed E-state index contributed by atoms with van der Waals surface area (Å²) < 4.78 is 0. The number of nitro groups is 1. The van der Waals surface area contributed by atoms with E-state index in [1.54, 1.807) is 17.8 Å². The quantitative estimate of drug-likeness (QED) is 0.523. The molecule has 0 saturated heterocycles. The van der Waals surface area contributed by atoms with Crippen molar-refractivity contribution in [2.75, 3.05) is 11.6 Å². The van der Waals surface area contributed by atoms with E-state index in [9.17, 15) is 10.1 Å². The minimum absolute atomic E-state index is 0.0541. The van der Waals surface area contributed by atoms with Gasteiger partial charge in [0, 0.05) is 22.3 Å². The van der Waals surface area contributed by atoms with E-state index in [-0.39, 0.29) is 11.3 Å². The van der Waals surface area contributed by atoms with Crippen LogP contribution in [0.15, 0.2) is 47.4 Å². The van der Waals surface area contributed by atoms with Crippen LogP contribution in [0.2, 0.25) is 0 Å². The number of nitrogens with one attached hydrogen (secondary N) is 1. The molecule has 0 aliphatic heterocycles. The van der Waals surface area contributed by atoms with Crippen molar-refractivity contribution in [3.05, 3.63) is 58.1 Å². The summed E-state index contributed by atoms with van der Waals surface area (Å²) in [7, 11) is 0. The predicted molar refractivity (Wildman–Crippen MR) is 79.3 cm³/mol. The molecule has 2 rings (SSSR count). The van der Waals surface area contributed by atoms with E-state index in [2.05, 4.69) is 5.32 Å². The molecular weight excluding hydrogens is 274 g/mol. The molecule has 0 spiro atoms. The van der Waals surface area contributed by atoms with Gasteiger partial charge in [-0.15, -0.1) is 11.8 Å². The summed E-state index contributed by atoms with van der Waals surface area (Å²) in [6.07, 6.45) is 1.98. The molecule has 0 amide bonds. The maximum atomic E-state index is 10.9. The monoisotopic (exact) mass is 285 g/mol. The zero-order valence-corrected chi connectivity index (χ0v) is 11.5. The van der Waals surface area contributed by atoms with E-state index in [0.29, 0.717) is 5.69 Å². The van der Waals surface area contributed by atoms with Gasteiger partial charge in [-0.05, 0) is 36.6 Å². The van der Waals surface area contributed by atoms with Crippen LogP contribution in [0.3, 0.4) is 0 Å². The van der Waals surface area contributed by atoms with Crippen molar-refractivity contribution >= 4 is 28.8 Å². The first kappa shape index (κ1) is 13.9. The molecule has 6 heteroatoms. The molecule has 0 atom stereocenters. The highest BCUT2D eigenvalue weighted by atomic mass is 32.2. The van der Waals surface area contributed by atoms with Crippen molar-refractivity contribution in [2.24, 2.45) is 0 Å². The number of anilines is 2. The number of hydrogen-bond acceptors (Lipinski definition) is 5. The predicted octanol–water partition coefficient (Wildman–Crippen LogP) is 3.93. The fourth-order valence-electron chi connectivity index (χ4n) is 1.72. The van der Waals surface area contributed by atoms with E-state index < -0.39 is 4.92 Å². The van der Waals surface area contributed by atoms with Crippen LogP contribution < -0.4 is 5.32 Å². The van der Waals surface area contributed by atoms with Crippen LogP contribution in [0.5, 0.6) is 0 Å². The first-order valence-electron chi connectivity index (χ1n) is 5.73. The van der Waals surface area contributed by atoms with Gasteiger partial charge in [0.25, 0.3) is 5.69 Å². The number of nitro benzene ring substituents is 1. The van der Waals surface area contributed by atoms with Gasteiger partial charge in [-0.25, -0.2) is 0 Å². The summed E-state index contributed by atoms with van der Waals surface area (Å²) >= 11 is 1.62. The second-order valence-electron chi connectivity index (χ2n) is 3.96. The molecule has 2 aromatic carbocycles. The molecule has 0 aromatic heterocycles. The SMILES string of the molecule is CSc1cccc(Nc2ccc(C#N)c([N+](=O)[O-])c2)c1. The summed E-state index contributed by atoms with van der Waals surface area (Å²) in [5.41, 5.74) is 1.28. The Morgan fingerprint density at radius 1 is 1.25 bits per heavy atom. The number of hydrogen-bond donors (Lipinski definition) is 1. The second kappa shape index (κ2) is 6.08. The topological polar surface area (TPSA) is 79.0 Å². The molecule has 0 unspecified atom stereocenters. The van der Waals surface area contributed by atoms with Crippen LogP contribution in [-0.2, 0) is 0 Å². The Morgan fingerprint density at radius 2 is 2.00 bits per heavy atom. The Hall–Kier alpha value is -2.52. The molecule has 0 bridgehead atoms. The van der Waals surface area contributed by atoms with Crippen molar-refractivity contribution < 1.29 is 4.92 Å². The highest BCUT2D eigenvalue weighted by molar-refractivity contribution is 7.98. The Morgan fingerprint density at radius 3 is 2.65 bits per heavy atom. The third-order valence-electron chi connectivity index (χ3n) is 2.67. The Kier molecular flexibility index (Phi) is 4.23. The Labute approximate surface area is 120 Å². The Bertz CT molecular complexity index is 695. The first-order chi connectivity index (χ1) is 9.63. The van der Waals surface area contributed by atoms with Gasteiger partial charge in [0.15, 0.2) is 0 Å². The van der Waals surface area contributed by atoms with Crippen molar-refractivity contribution in [1.29, 1.82) is 5.26 Å². The highest BCUT2D eigenvalue weighted by Gasteiger charge is 2.14. The summed E-state index contributed by atoms with van der Waals surface area (Å²) in [6.45, 7) is 0. The summed E-state index contributed by atoms with van der Waals surface area (Å²) in [5, 5.41) is 22.8. The van der Waals surface area contributed by atoms with Gasteiger partial charge in [-0.3, -0.25) is 10.1 Å². The van der Waals surface area contributed by atoms with Crippen molar-refractivity contribution in [3.63, 3.8) is 0 Å². The fourth-order valence-corrected chi connectivity index (χ4v) is 2.18. The molecule has 0 saturated carbocycles. The Balaban J connectivity index is 2.32. The van der Waals surface area contributed by atoms with Gasteiger partial charge < -0.3 is 5.32 Å². The molecule has 100 valence electrons. The van der Waals surface area contributed by atoms with Crippen LogP contribution in [0.25, 0.3) is 0 Å². The van der Waals surface area contributed by atoms with Gasteiger partial charge in [0.05, 0.1) is 4.92 Å². The number of nitriles is 1. The molecular formula is C14H11N3O2S. The lowest BCUT2D eigenvalue weighted by Crippen LogP contribution is -1.96. The first-order valence-corrected chi connectivity index (χ1v) is 6.96. The summed E-state index contributed by atoms with van der Waals surface area (Å²) in [5.74, 6) is 0. The van der Waals surface area contributed by atoms with Gasteiger partial charge in [-0.1, -0.05) is 6.07 Å². The third-order valence-corrected chi connectivity index (χ3v) is 3.40. The second-order valence-corrected chi connectivity index (χ2v) is 4.84. The summed E-state index contributed by atoms with van der Waals surface area (Å²) in [6, 6.07) is 14.0. The largest absolute Gasteiger partial charge is 0.355 e. The molecule has 0 radical (unpaired) electrons. The third kappa shape index (κ3) is 3.08. The van der Waals surface area contributed by atoms with Crippen LogP contribution in [0, 0.1) is 21.4 Å². The lowest BCUT2D eigenvalue weighted by molar-refractivity contribution is -0.385. The van der Waals surface area contributed by atoms with Crippen LogP contribution in [-0.4, -0.2) is 11.2 Å². The minimum atomic E-state index is -0.554. The van der Waals surface area contributed by atoms with Crippen LogP contribution in [0.1, 0.15) is 5.56 Å². The lowest BCUT2D eigenvalue weighted by Gasteiger charge is -2.08.